The first-order chi connectivity index (χ1) is 8.24. The molecule has 0 radical (unpaired) electrons. The van der Waals surface area contributed by atoms with E-state index in [-0.39, 0.29) is 11.3 Å². The Morgan fingerprint density at radius 1 is 1.61 bits per heavy atom. The standard InChI is InChI=1S/C9H6F3N3O3/c1-5-4-7(15(16)17)6(2-3-13)14-8(5)18-9(10,11)12/h4H,2H2,1H3. The number of nitriles is 1. The van der Waals surface area contributed by atoms with Crippen LogP contribution in [0.2, 0.25) is 0 Å². The maximum atomic E-state index is 12.0. The SMILES string of the molecule is Cc1cc([N+](=O)[O-])c(CC#N)nc1OC(F)(F)F. The second-order valence-corrected chi connectivity index (χ2v) is 3.22. The van der Waals surface area contributed by atoms with Crippen LogP contribution in [0, 0.1) is 28.4 Å². The zero-order valence-corrected chi connectivity index (χ0v) is 8.98. The molecule has 0 saturated heterocycles. The van der Waals surface area contributed by atoms with Crippen molar-refractivity contribution in [1.82, 2.24) is 4.98 Å². The average Bonchev–Trinajstić information content (AvgIpc) is 2.20. The van der Waals surface area contributed by atoms with Crippen LogP contribution in [0.5, 0.6) is 5.88 Å². The summed E-state index contributed by atoms with van der Waals surface area (Å²) in [6.45, 7) is 1.19. The molecule has 1 heterocycles. The molecule has 0 atom stereocenters. The number of alkyl halides is 3. The molecule has 0 unspecified atom stereocenters. The lowest BCUT2D eigenvalue weighted by molar-refractivity contribution is -0.386. The Kier molecular flexibility index (Phi) is 3.70. The molecule has 6 nitrogen and oxygen atoms in total. The number of hydrogen-bond acceptors (Lipinski definition) is 5. The van der Waals surface area contributed by atoms with Gasteiger partial charge in [0.1, 0.15) is 5.69 Å². The molecule has 1 aromatic rings. The van der Waals surface area contributed by atoms with E-state index in [0.29, 0.717) is 0 Å². The summed E-state index contributed by atoms with van der Waals surface area (Å²) in [5.74, 6) is -0.793. The quantitative estimate of drug-likeness (QED) is 0.615. The molecule has 9 heteroatoms. The summed E-state index contributed by atoms with van der Waals surface area (Å²) in [4.78, 5) is 13.2. The van der Waals surface area contributed by atoms with E-state index in [1.54, 1.807) is 6.07 Å². The fourth-order valence-electron chi connectivity index (χ4n) is 1.19. The van der Waals surface area contributed by atoms with Crippen molar-refractivity contribution in [2.45, 2.75) is 19.7 Å². The predicted octanol–water partition coefficient (Wildman–Crippen LogP) is 2.26. The smallest absolute Gasteiger partial charge is 0.388 e. The molecule has 1 rings (SSSR count). The van der Waals surface area contributed by atoms with E-state index < -0.39 is 29.3 Å². The van der Waals surface area contributed by atoms with Crippen LogP contribution in [-0.2, 0) is 6.42 Å². The molecule has 0 amide bonds. The van der Waals surface area contributed by atoms with Gasteiger partial charge >= 0.3 is 6.36 Å². The largest absolute Gasteiger partial charge is 0.574 e. The van der Waals surface area contributed by atoms with E-state index in [0.717, 1.165) is 6.07 Å². The third kappa shape index (κ3) is 3.31. The van der Waals surface area contributed by atoms with Gasteiger partial charge in [-0.05, 0) is 6.92 Å². The Hall–Kier alpha value is -2.37. The molecular formula is C9H6F3N3O3. The molecule has 0 saturated carbocycles. The van der Waals surface area contributed by atoms with Crippen LogP contribution in [0.4, 0.5) is 18.9 Å². The van der Waals surface area contributed by atoms with Crippen LogP contribution in [0.3, 0.4) is 0 Å². The summed E-state index contributed by atoms with van der Waals surface area (Å²) >= 11 is 0. The summed E-state index contributed by atoms with van der Waals surface area (Å²) < 4.78 is 39.7. The zero-order valence-electron chi connectivity index (χ0n) is 8.98. The van der Waals surface area contributed by atoms with Gasteiger partial charge in [0, 0.05) is 11.6 Å². The third-order valence-electron chi connectivity index (χ3n) is 1.88. The highest BCUT2D eigenvalue weighted by molar-refractivity contribution is 5.44. The van der Waals surface area contributed by atoms with Crippen molar-refractivity contribution in [3.63, 3.8) is 0 Å². The number of hydrogen-bond donors (Lipinski definition) is 0. The summed E-state index contributed by atoms with van der Waals surface area (Å²) in [5.41, 5.74) is -1.02. The maximum Gasteiger partial charge on any atom is 0.574 e. The molecule has 0 aromatic carbocycles. The van der Waals surface area contributed by atoms with E-state index in [4.69, 9.17) is 5.26 Å². The number of nitro groups is 1. The topological polar surface area (TPSA) is 89.1 Å². The van der Waals surface area contributed by atoms with Gasteiger partial charge in [0.25, 0.3) is 5.69 Å². The van der Waals surface area contributed by atoms with Gasteiger partial charge in [-0.3, -0.25) is 10.1 Å². The molecular weight excluding hydrogens is 255 g/mol. The number of pyridine rings is 1. The predicted molar refractivity (Wildman–Crippen MR) is 51.6 cm³/mol. The minimum atomic E-state index is -4.95. The van der Waals surface area contributed by atoms with Gasteiger partial charge in [-0.2, -0.15) is 5.26 Å². The Morgan fingerprint density at radius 2 is 2.22 bits per heavy atom. The number of ether oxygens (including phenoxy) is 1. The van der Waals surface area contributed by atoms with E-state index in [1.807, 2.05) is 0 Å². The molecule has 18 heavy (non-hydrogen) atoms. The Labute approximate surface area is 98.8 Å². The molecule has 0 aliphatic carbocycles. The highest BCUT2D eigenvalue weighted by Gasteiger charge is 2.33. The molecule has 0 spiro atoms. The van der Waals surface area contributed by atoms with Crippen molar-refractivity contribution < 1.29 is 22.8 Å². The highest BCUT2D eigenvalue weighted by Crippen LogP contribution is 2.29. The summed E-state index contributed by atoms with van der Waals surface area (Å²) in [6.07, 6.45) is -5.43. The Morgan fingerprint density at radius 3 is 2.67 bits per heavy atom. The van der Waals surface area contributed by atoms with Crippen molar-refractivity contribution in [3.05, 3.63) is 27.4 Å². The van der Waals surface area contributed by atoms with Crippen molar-refractivity contribution in [1.29, 1.82) is 5.26 Å². The van der Waals surface area contributed by atoms with Crippen LogP contribution < -0.4 is 4.74 Å². The van der Waals surface area contributed by atoms with Crippen molar-refractivity contribution in [2.24, 2.45) is 0 Å². The fourth-order valence-corrected chi connectivity index (χ4v) is 1.19. The summed E-state index contributed by atoms with van der Waals surface area (Å²) in [6, 6.07) is 2.47. The normalized spacial score (nSPS) is 10.8. The first kappa shape index (κ1) is 13.7. The number of nitrogens with zero attached hydrogens (tertiary/aromatic N) is 3. The second-order valence-electron chi connectivity index (χ2n) is 3.22. The van der Waals surface area contributed by atoms with Gasteiger partial charge < -0.3 is 4.74 Å². The third-order valence-corrected chi connectivity index (χ3v) is 1.88. The molecule has 0 N–H and O–H groups in total. The fraction of sp³-hybridized carbons (Fsp3) is 0.333. The zero-order chi connectivity index (χ0) is 13.9. The summed E-state index contributed by atoms with van der Waals surface area (Å²) in [5, 5.41) is 19.1. The van der Waals surface area contributed by atoms with E-state index in [9.17, 15) is 23.3 Å². The first-order valence-electron chi connectivity index (χ1n) is 4.52. The Bertz CT molecular complexity index is 522. The summed E-state index contributed by atoms with van der Waals surface area (Å²) in [7, 11) is 0. The number of aromatic nitrogens is 1. The first-order valence-corrected chi connectivity index (χ1v) is 4.52. The number of aryl methyl sites for hydroxylation is 1. The van der Waals surface area contributed by atoms with Gasteiger partial charge in [-0.1, -0.05) is 0 Å². The molecule has 1 aromatic heterocycles. The van der Waals surface area contributed by atoms with Crippen LogP contribution in [0.25, 0.3) is 0 Å². The average molecular weight is 261 g/mol. The van der Waals surface area contributed by atoms with Crippen LogP contribution in [0.15, 0.2) is 6.07 Å². The Balaban J connectivity index is 3.28. The minimum absolute atomic E-state index is 0.138. The lowest BCUT2D eigenvalue weighted by atomic mass is 10.2. The minimum Gasteiger partial charge on any atom is -0.388 e. The monoisotopic (exact) mass is 261 g/mol. The maximum absolute atomic E-state index is 12.0. The van der Waals surface area contributed by atoms with Gasteiger partial charge in [-0.15, -0.1) is 13.2 Å². The van der Waals surface area contributed by atoms with Gasteiger partial charge in [-0.25, -0.2) is 4.98 Å². The lowest BCUT2D eigenvalue weighted by Crippen LogP contribution is -2.19. The van der Waals surface area contributed by atoms with E-state index in [1.165, 1.54) is 6.92 Å². The van der Waals surface area contributed by atoms with Crippen molar-refractivity contribution in [2.75, 3.05) is 0 Å². The van der Waals surface area contributed by atoms with Crippen molar-refractivity contribution in [3.8, 4) is 11.9 Å². The number of rotatable bonds is 3. The van der Waals surface area contributed by atoms with Gasteiger partial charge in [0.15, 0.2) is 0 Å². The van der Waals surface area contributed by atoms with Gasteiger partial charge in [0.05, 0.1) is 17.4 Å². The van der Waals surface area contributed by atoms with E-state index >= 15 is 0 Å². The van der Waals surface area contributed by atoms with Crippen LogP contribution in [-0.4, -0.2) is 16.3 Å². The van der Waals surface area contributed by atoms with Crippen LogP contribution >= 0.6 is 0 Å². The molecule has 96 valence electrons. The molecule has 0 fully saturated rings. The van der Waals surface area contributed by atoms with Gasteiger partial charge in [0.2, 0.25) is 5.88 Å². The molecule has 0 aliphatic rings. The van der Waals surface area contributed by atoms with E-state index in [2.05, 4.69) is 9.72 Å². The highest BCUT2D eigenvalue weighted by atomic mass is 19.4. The number of halogens is 3. The van der Waals surface area contributed by atoms with Crippen LogP contribution in [0.1, 0.15) is 11.3 Å². The lowest BCUT2D eigenvalue weighted by Gasteiger charge is -2.11. The van der Waals surface area contributed by atoms with Crippen molar-refractivity contribution >= 4 is 5.69 Å². The molecule has 0 aliphatic heterocycles. The molecule has 0 bridgehead atoms. The second kappa shape index (κ2) is 4.87.